The predicted molar refractivity (Wildman–Crippen MR) is 85.5 cm³/mol. The monoisotopic (exact) mass is 267 g/mol. The Kier molecular flexibility index (Phi) is 3.51. The number of hydrogen-bond donors (Lipinski definition) is 1. The molecule has 1 N–H and O–H groups in total. The van der Waals surface area contributed by atoms with Gasteiger partial charge < -0.3 is 4.98 Å². The van der Waals surface area contributed by atoms with Crippen LogP contribution in [0.25, 0.3) is 23.1 Å². The summed E-state index contributed by atoms with van der Waals surface area (Å²) in [6.45, 7) is 2.22. The smallest absolute Gasteiger partial charge is 0.0461 e. The van der Waals surface area contributed by atoms with E-state index in [0.29, 0.717) is 0 Å². The van der Waals surface area contributed by atoms with E-state index < -0.39 is 0 Å². The van der Waals surface area contributed by atoms with Gasteiger partial charge in [0.2, 0.25) is 0 Å². The van der Waals surface area contributed by atoms with Gasteiger partial charge in [0.1, 0.15) is 0 Å². The largest absolute Gasteiger partial charge is 0.355 e. The van der Waals surface area contributed by atoms with Gasteiger partial charge in [-0.15, -0.1) is 0 Å². The summed E-state index contributed by atoms with van der Waals surface area (Å²) < 4.78 is 0. The van der Waals surface area contributed by atoms with Crippen LogP contribution >= 0.6 is 11.3 Å². The Morgan fingerprint density at radius 2 is 2.11 bits per heavy atom. The van der Waals surface area contributed by atoms with Crippen molar-refractivity contribution in [2.45, 2.75) is 19.8 Å². The lowest BCUT2D eigenvalue weighted by Crippen LogP contribution is -1.81. The van der Waals surface area contributed by atoms with Crippen LogP contribution in [0.5, 0.6) is 0 Å². The normalized spacial score (nSPS) is 11.6. The zero-order chi connectivity index (χ0) is 13.1. The molecule has 3 rings (SSSR count). The molecule has 2 heterocycles. The Hall–Kier alpha value is -1.80. The van der Waals surface area contributed by atoms with E-state index in [0.717, 1.165) is 12.1 Å². The molecule has 3 aromatic rings. The van der Waals surface area contributed by atoms with E-state index in [4.69, 9.17) is 0 Å². The third kappa shape index (κ3) is 2.79. The first-order chi connectivity index (χ1) is 9.35. The van der Waals surface area contributed by atoms with Gasteiger partial charge in [-0.3, -0.25) is 0 Å². The van der Waals surface area contributed by atoms with Gasteiger partial charge in [0, 0.05) is 16.6 Å². The van der Waals surface area contributed by atoms with Crippen molar-refractivity contribution in [3.8, 4) is 0 Å². The number of fused-ring (bicyclic) bond motifs is 1. The highest BCUT2D eigenvalue weighted by molar-refractivity contribution is 7.08. The summed E-state index contributed by atoms with van der Waals surface area (Å²) in [6.07, 6.45) is 6.63. The van der Waals surface area contributed by atoms with E-state index in [1.165, 1.54) is 28.5 Å². The van der Waals surface area contributed by atoms with Crippen molar-refractivity contribution in [1.29, 1.82) is 0 Å². The number of rotatable bonds is 4. The highest BCUT2D eigenvalue weighted by atomic mass is 32.1. The van der Waals surface area contributed by atoms with Gasteiger partial charge >= 0.3 is 0 Å². The van der Waals surface area contributed by atoms with Gasteiger partial charge in [-0.1, -0.05) is 31.6 Å². The van der Waals surface area contributed by atoms with Gasteiger partial charge in [-0.05, 0) is 52.6 Å². The Morgan fingerprint density at radius 3 is 2.89 bits per heavy atom. The molecule has 2 heteroatoms. The Labute approximate surface area is 117 Å². The lowest BCUT2D eigenvalue weighted by atomic mass is 10.1. The maximum absolute atomic E-state index is 3.47. The van der Waals surface area contributed by atoms with Crippen LogP contribution in [-0.4, -0.2) is 4.98 Å². The maximum atomic E-state index is 3.47. The summed E-state index contributed by atoms with van der Waals surface area (Å²) in [4.78, 5) is 3.47. The van der Waals surface area contributed by atoms with Crippen LogP contribution in [0.4, 0.5) is 0 Å². The van der Waals surface area contributed by atoms with Gasteiger partial charge in [0.15, 0.2) is 0 Å². The number of aromatic amines is 1. The molecule has 0 saturated heterocycles. The van der Waals surface area contributed by atoms with Crippen LogP contribution in [0, 0.1) is 0 Å². The minimum atomic E-state index is 1.15. The van der Waals surface area contributed by atoms with Crippen LogP contribution in [0.15, 0.2) is 41.1 Å². The number of hydrogen-bond acceptors (Lipinski definition) is 1. The summed E-state index contributed by atoms with van der Waals surface area (Å²) in [5, 5.41) is 5.53. The second-order valence-electron chi connectivity index (χ2n) is 4.79. The van der Waals surface area contributed by atoms with Crippen LogP contribution in [-0.2, 0) is 6.42 Å². The van der Waals surface area contributed by atoms with Crippen molar-refractivity contribution in [1.82, 2.24) is 4.98 Å². The van der Waals surface area contributed by atoms with Crippen LogP contribution in [0.3, 0.4) is 0 Å². The highest BCUT2D eigenvalue weighted by Gasteiger charge is 2.00. The standard InChI is InChI=1S/C17H17NS/c1-2-3-13-4-6-15-11-16(18-17(15)10-13)7-5-14-8-9-19-12-14/h4-12,18H,2-3H2,1H3. The molecule has 1 aromatic carbocycles. The molecule has 0 radical (unpaired) electrons. The van der Waals surface area contributed by atoms with Crippen molar-refractivity contribution in [3.05, 3.63) is 57.9 Å². The lowest BCUT2D eigenvalue weighted by molar-refractivity contribution is 0.923. The summed E-state index contributed by atoms with van der Waals surface area (Å²) in [7, 11) is 0. The molecular formula is C17H17NS. The summed E-state index contributed by atoms with van der Waals surface area (Å²) >= 11 is 1.73. The number of thiophene rings is 1. The van der Waals surface area contributed by atoms with Crippen molar-refractivity contribution in [2.75, 3.05) is 0 Å². The third-order valence-corrected chi connectivity index (χ3v) is 3.95. The number of H-pyrrole nitrogens is 1. The van der Waals surface area contributed by atoms with Gasteiger partial charge in [0.05, 0.1) is 0 Å². The first-order valence-electron chi connectivity index (χ1n) is 6.67. The molecule has 0 bridgehead atoms. The molecule has 96 valence electrons. The van der Waals surface area contributed by atoms with E-state index >= 15 is 0 Å². The van der Waals surface area contributed by atoms with Crippen molar-refractivity contribution in [2.24, 2.45) is 0 Å². The third-order valence-electron chi connectivity index (χ3n) is 3.24. The van der Waals surface area contributed by atoms with Crippen LogP contribution in [0.2, 0.25) is 0 Å². The molecule has 0 atom stereocenters. The number of nitrogens with one attached hydrogen (secondary N) is 1. The van der Waals surface area contributed by atoms with Gasteiger partial charge in [0.25, 0.3) is 0 Å². The summed E-state index contributed by atoms with van der Waals surface area (Å²) in [6, 6.07) is 11.0. The zero-order valence-electron chi connectivity index (χ0n) is 11.0. The Morgan fingerprint density at radius 1 is 1.16 bits per heavy atom. The van der Waals surface area contributed by atoms with Crippen LogP contribution in [0.1, 0.15) is 30.2 Å². The quantitative estimate of drug-likeness (QED) is 0.655. The molecule has 0 saturated carbocycles. The minimum absolute atomic E-state index is 1.15. The van der Waals surface area contributed by atoms with Crippen molar-refractivity contribution >= 4 is 34.4 Å². The van der Waals surface area contributed by atoms with E-state index in [-0.39, 0.29) is 0 Å². The van der Waals surface area contributed by atoms with Gasteiger partial charge in [-0.25, -0.2) is 0 Å². The maximum Gasteiger partial charge on any atom is 0.0461 e. The lowest BCUT2D eigenvalue weighted by Gasteiger charge is -1.97. The molecule has 1 nitrogen and oxygen atoms in total. The molecule has 0 fully saturated rings. The molecule has 19 heavy (non-hydrogen) atoms. The first-order valence-corrected chi connectivity index (χ1v) is 7.61. The molecule has 0 aliphatic carbocycles. The average Bonchev–Trinajstić information content (AvgIpc) is 3.05. The average molecular weight is 267 g/mol. The zero-order valence-corrected chi connectivity index (χ0v) is 11.8. The fourth-order valence-electron chi connectivity index (χ4n) is 2.29. The van der Waals surface area contributed by atoms with E-state index in [1.807, 2.05) is 0 Å². The SMILES string of the molecule is CCCc1ccc2cc(C=Cc3ccsc3)[nH]c2c1. The van der Waals surface area contributed by atoms with E-state index in [9.17, 15) is 0 Å². The van der Waals surface area contributed by atoms with Crippen molar-refractivity contribution in [3.63, 3.8) is 0 Å². The second-order valence-corrected chi connectivity index (χ2v) is 5.57. The fraction of sp³-hybridized carbons (Fsp3) is 0.176. The molecular weight excluding hydrogens is 250 g/mol. The van der Waals surface area contributed by atoms with Gasteiger partial charge in [-0.2, -0.15) is 11.3 Å². The van der Waals surface area contributed by atoms with Crippen molar-refractivity contribution < 1.29 is 0 Å². The Bertz CT molecular complexity index is 689. The topological polar surface area (TPSA) is 15.8 Å². The minimum Gasteiger partial charge on any atom is -0.355 e. The van der Waals surface area contributed by atoms with Crippen LogP contribution < -0.4 is 0 Å². The predicted octanol–water partition coefficient (Wildman–Crippen LogP) is 5.35. The van der Waals surface area contributed by atoms with E-state index in [1.54, 1.807) is 11.3 Å². The summed E-state index contributed by atoms with van der Waals surface area (Å²) in [5.74, 6) is 0. The molecule has 0 spiro atoms. The summed E-state index contributed by atoms with van der Waals surface area (Å²) in [5.41, 5.74) is 5.06. The van der Waals surface area contributed by atoms with E-state index in [2.05, 4.69) is 65.2 Å². The molecule has 0 aliphatic rings. The second kappa shape index (κ2) is 5.45. The molecule has 0 unspecified atom stereocenters. The molecule has 0 aliphatic heterocycles. The highest BCUT2D eigenvalue weighted by Crippen LogP contribution is 2.20. The fourth-order valence-corrected chi connectivity index (χ4v) is 2.91. The number of benzene rings is 1. The molecule has 0 amide bonds. The Balaban J connectivity index is 1.89. The number of aryl methyl sites for hydroxylation is 1. The molecule has 2 aromatic heterocycles. The first kappa shape index (κ1) is 12.2. The number of aromatic nitrogens is 1.